The molecule has 3 N–H and O–H groups in total. The molecular formula is C11H18ClN3O2. The Balaban J connectivity index is 0.00000144. The second kappa shape index (κ2) is 5.06. The number of nitrogens with zero attached hydrogens (tertiary/aromatic N) is 1. The lowest BCUT2D eigenvalue weighted by Crippen LogP contribution is -2.55. The lowest BCUT2D eigenvalue weighted by molar-refractivity contribution is 0.0927. The number of nitrogens with two attached hydrogens (primary N) is 1. The molecule has 1 saturated carbocycles. The molecule has 6 heteroatoms. The van der Waals surface area contributed by atoms with Crippen molar-refractivity contribution < 1.29 is 9.32 Å². The summed E-state index contributed by atoms with van der Waals surface area (Å²) >= 11 is 0. The quantitative estimate of drug-likeness (QED) is 0.858. The molecule has 1 aromatic heterocycles. The SMILES string of the molecule is Cc1noc(C)c1C(=O)NCC1(N)CCC1.Cl. The molecule has 1 aromatic rings. The van der Waals surface area contributed by atoms with Crippen LogP contribution in [-0.2, 0) is 0 Å². The summed E-state index contributed by atoms with van der Waals surface area (Å²) in [5.41, 5.74) is 6.98. The van der Waals surface area contributed by atoms with E-state index >= 15 is 0 Å². The molecule has 0 spiro atoms. The van der Waals surface area contributed by atoms with Gasteiger partial charge in [-0.1, -0.05) is 5.16 Å². The van der Waals surface area contributed by atoms with Crippen molar-refractivity contribution in [2.24, 2.45) is 5.73 Å². The van der Waals surface area contributed by atoms with Gasteiger partial charge in [-0.3, -0.25) is 4.79 Å². The van der Waals surface area contributed by atoms with Gasteiger partial charge in [-0.2, -0.15) is 0 Å². The molecule has 5 nitrogen and oxygen atoms in total. The molecule has 1 amide bonds. The zero-order valence-corrected chi connectivity index (χ0v) is 10.9. The third kappa shape index (κ3) is 2.79. The molecule has 2 rings (SSSR count). The van der Waals surface area contributed by atoms with Crippen LogP contribution < -0.4 is 11.1 Å². The molecule has 0 saturated heterocycles. The fourth-order valence-electron chi connectivity index (χ4n) is 1.96. The minimum atomic E-state index is -0.200. The van der Waals surface area contributed by atoms with Gasteiger partial charge in [-0.25, -0.2) is 0 Å². The molecule has 0 aliphatic heterocycles. The standard InChI is InChI=1S/C11H17N3O2.ClH/c1-7-9(8(2)16-14-7)10(15)13-6-11(12)4-3-5-11;/h3-6,12H2,1-2H3,(H,13,15);1H. The van der Waals surface area contributed by atoms with E-state index in [1.54, 1.807) is 13.8 Å². The van der Waals surface area contributed by atoms with Gasteiger partial charge >= 0.3 is 0 Å². The van der Waals surface area contributed by atoms with E-state index in [1.807, 2.05) is 0 Å². The van der Waals surface area contributed by atoms with Gasteiger partial charge in [0.25, 0.3) is 5.91 Å². The summed E-state index contributed by atoms with van der Waals surface area (Å²) in [4.78, 5) is 11.9. The normalized spacial score (nSPS) is 16.9. The number of aryl methyl sites for hydroxylation is 2. The highest BCUT2D eigenvalue weighted by atomic mass is 35.5. The molecule has 1 aliphatic rings. The highest BCUT2D eigenvalue weighted by Gasteiger charge is 2.33. The zero-order valence-electron chi connectivity index (χ0n) is 10.1. The Kier molecular flexibility index (Phi) is 4.16. The summed E-state index contributed by atoms with van der Waals surface area (Å²) in [6.45, 7) is 4.01. The highest BCUT2D eigenvalue weighted by Crippen LogP contribution is 2.28. The number of hydrogen-bond acceptors (Lipinski definition) is 4. The monoisotopic (exact) mass is 259 g/mol. The van der Waals surface area contributed by atoms with Gasteiger partial charge in [0.2, 0.25) is 0 Å². The Morgan fingerprint density at radius 1 is 1.53 bits per heavy atom. The van der Waals surface area contributed by atoms with Crippen LogP contribution in [0.2, 0.25) is 0 Å². The summed E-state index contributed by atoms with van der Waals surface area (Å²) < 4.78 is 4.95. The Hall–Kier alpha value is -1.07. The van der Waals surface area contributed by atoms with Crippen molar-refractivity contribution in [1.82, 2.24) is 10.5 Å². The van der Waals surface area contributed by atoms with Crippen molar-refractivity contribution >= 4 is 18.3 Å². The van der Waals surface area contributed by atoms with Crippen LogP contribution in [0.5, 0.6) is 0 Å². The lowest BCUT2D eigenvalue weighted by Gasteiger charge is -2.38. The van der Waals surface area contributed by atoms with E-state index in [4.69, 9.17) is 10.3 Å². The van der Waals surface area contributed by atoms with Gasteiger partial charge in [0, 0.05) is 12.1 Å². The minimum Gasteiger partial charge on any atom is -0.361 e. The van der Waals surface area contributed by atoms with Crippen LogP contribution >= 0.6 is 12.4 Å². The van der Waals surface area contributed by atoms with Crippen molar-refractivity contribution in [1.29, 1.82) is 0 Å². The van der Waals surface area contributed by atoms with E-state index in [0.717, 1.165) is 19.3 Å². The fraction of sp³-hybridized carbons (Fsp3) is 0.636. The van der Waals surface area contributed by atoms with Gasteiger partial charge in [0.05, 0.1) is 5.69 Å². The van der Waals surface area contributed by atoms with Crippen LogP contribution in [0.15, 0.2) is 4.52 Å². The summed E-state index contributed by atoms with van der Waals surface area (Å²) in [6, 6.07) is 0. The van der Waals surface area contributed by atoms with Crippen molar-refractivity contribution in [3.63, 3.8) is 0 Å². The van der Waals surface area contributed by atoms with Crippen molar-refractivity contribution in [2.75, 3.05) is 6.54 Å². The largest absolute Gasteiger partial charge is 0.361 e. The predicted octanol–water partition coefficient (Wildman–Crippen LogP) is 1.32. The Morgan fingerprint density at radius 3 is 2.59 bits per heavy atom. The lowest BCUT2D eigenvalue weighted by atomic mass is 9.78. The second-order valence-electron chi connectivity index (χ2n) is 4.60. The van der Waals surface area contributed by atoms with Gasteiger partial charge in [0.1, 0.15) is 11.3 Å². The van der Waals surface area contributed by atoms with E-state index in [-0.39, 0.29) is 23.9 Å². The summed E-state index contributed by atoms with van der Waals surface area (Å²) in [7, 11) is 0. The molecule has 1 heterocycles. The number of nitrogens with one attached hydrogen (secondary N) is 1. The number of carbonyl (C=O) groups is 1. The summed E-state index contributed by atoms with van der Waals surface area (Å²) in [5.74, 6) is 0.405. The van der Waals surface area contributed by atoms with Crippen LogP contribution in [0.1, 0.15) is 41.1 Å². The smallest absolute Gasteiger partial charge is 0.256 e. The van der Waals surface area contributed by atoms with E-state index in [1.165, 1.54) is 0 Å². The third-order valence-electron chi connectivity index (χ3n) is 3.21. The third-order valence-corrected chi connectivity index (χ3v) is 3.21. The molecule has 0 bridgehead atoms. The fourth-order valence-corrected chi connectivity index (χ4v) is 1.96. The first-order valence-corrected chi connectivity index (χ1v) is 5.52. The first kappa shape index (κ1) is 14.0. The molecule has 1 fully saturated rings. The summed E-state index contributed by atoms with van der Waals surface area (Å²) in [5, 5.41) is 6.59. The van der Waals surface area contributed by atoms with Crippen LogP contribution in [-0.4, -0.2) is 23.1 Å². The predicted molar refractivity (Wildman–Crippen MR) is 66.3 cm³/mol. The molecule has 0 atom stereocenters. The minimum absolute atomic E-state index is 0. The van der Waals surface area contributed by atoms with Crippen LogP contribution in [0.3, 0.4) is 0 Å². The summed E-state index contributed by atoms with van der Waals surface area (Å²) in [6.07, 6.45) is 3.11. The van der Waals surface area contributed by atoms with Crippen molar-refractivity contribution in [3.05, 3.63) is 17.0 Å². The number of hydrogen-bond donors (Lipinski definition) is 2. The first-order valence-electron chi connectivity index (χ1n) is 5.52. The number of amides is 1. The Labute approximate surface area is 107 Å². The van der Waals surface area contributed by atoms with Crippen LogP contribution in [0.25, 0.3) is 0 Å². The highest BCUT2D eigenvalue weighted by molar-refractivity contribution is 5.96. The molecule has 0 radical (unpaired) electrons. The maximum absolute atomic E-state index is 11.9. The maximum atomic E-state index is 11.9. The molecule has 17 heavy (non-hydrogen) atoms. The second-order valence-corrected chi connectivity index (χ2v) is 4.60. The molecule has 1 aliphatic carbocycles. The topological polar surface area (TPSA) is 81.2 Å². The molecule has 0 aromatic carbocycles. The Morgan fingerprint density at radius 2 is 2.18 bits per heavy atom. The average molecular weight is 260 g/mol. The van der Waals surface area contributed by atoms with Gasteiger partial charge < -0.3 is 15.6 Å². The van der Waals surface area contributed by atoms with Gasteiger partial charge in [-0.05, 0) is 33.1 Å². The van der Waals surface area contributed by atoms with Crippen LogP contribution in [0.4, 0.5) is 0 Å². The molecule has 96 valence electrons. The van der Waals surface area contributed by atoms with E-state index in [9.17, 15) is 4.79 Å². The van der Waals surface area contributed by atoms with Crippen LogP contribution in [0, 0.1) is 13.8 Å². The number of aromatic nitrogens is 1. The molecule has 0 unspecified atom stereocenters. The van der Waals surface area contributed by atoms with Crippen molar-refractivity contribution in [3.8, 4) is 0 Å². The van der Waals surface area contributed by atoms with E-state index < -0.39 is 0 Å². The van der Waals surface area contributed by atoms with Crippen molar-refractivity contribution in [2.45, 2.75) is 38.6 Å². The maximum Gasteiger partial charge on any atom is 0.256 e. The van der Waals surface area contributed by atoms with Gasteiger partial charge in [-0.15, -0.1) is 12.4 Å². The Bertz CT molecular complexity index is 393. The number of rotatable bonds is 3. The number of halogens is 1. The van der Waals surface area contributed by atoms with E-state index in [0.29, 0.717) is 23.6 Å². The van der Waals surface area contributed by atoms with E-state index in [2.05, 4.69) is 10.5 Å². The number of carbonyl (C=O) groups excluding carboxylic acids is 1. The average Bonchev–Trinajstić information content (AvgIpc) is 2.52. The first-order chi connectivity index (χ1) is 7.52. The molecular weight excluding hydrogens is 242 g/mol. The zero-order chi connectivity index (χ0) is 11.8. The van der Waals surface area contributed by atoms with Gasteiger partial charge in [0.15, 0.2) is 0 Å².